The van der Waals surface area contributed by atoms with E-state index in [2.05, 4.69) is 71.6 Å². The van der Waals surface area contributed by atoms with Crippen molar-refractivity contribution < 1.29 is 9.53 Å². The number of cyclic esters (lactones) is 1. The maximum atomic E-state index is 12.2. The summed E-state index contributed by atoms with van der Waals surface area (Å²) in [6, 6.07) is 25.5. The van der Waals surface area contributed by atoms with Gasteiger partial charge in [0, 0.05) is 31.7 Å². The molecule has 1 atom stereocenters. The van der Waals surface area contributed by atoms with Crippen LogP contribution in [0, 0.1) is 0 Å². The van der Waals surface area contributed by atoms with E-state index in [9.17, 15) is 4.79 Å². The van der Waals surface area contributed by atoms with Gasteiger partial charge >= 0.3 is 6.09 Å². The van der Waals surface area contributed by atoms with Gasteiger partial charge in [-0.3, -0.25) is 0 Å². The molecule has 0 N–H and O–H groups in total. The molecule has 4 rings (SSSR count). The van der Waals surface area contributed by atoms with Crippen LogP contribution in [0.4, 0.5) is 10.5 Å². The van der Waals surface area contributed by atoms with Gasteiger partial charge in [0.05, 0.1) is 6.54 Å². The number of hydrogen-bond acceptors (Lipinski definition) is 3. The fraction of sp³-hybridized carbons (Fsp3) is 0.320. The van der Waals surface area contributed by atoms with Crippen LogP contribution >= 0.6 is 0 Å². The molecule has 0 bridgehead atoms. The van der Waals surface area contributed by atoms with E-state index in [1.807, 2.05) is 13.0 Å². The number of nitrogens with zero attached hydrogens (tertiary/aromatic N) is 2. The lowest BCUT2D eigenvalue weighted by molar-refractivity contribution is 0.0300. The highest BCUT2D eigenvalue weighted by Gasteiger charge is 2.27. The van der Waals surface area contributed by atoms with Crippen LogP contribution in [0.5, 0.6) is 0 Å². The smallest absolute Gasteiger partial charge is 0.410 e. The summed E-state index contributed by atoms with van der Waals surface area (Å²) < 4.78 is 5.73. The highest BCUT2D eigenvalue weighted by Crippen LogP contribution is 2.24. The molecule has 3 aromatic carbocycles. The maximum absolute atomic E-state index is 12.2. The zero-order valence-electron chi connectivity index (χ0n) is 17.0. The molecule has 3 aromatic rings. The molecule has 150 valence electrons. The van der Waals surface area contributed by atoms with Gasteiger partial charge in [0.2, 0.25) is 0 Å². The Hall–Kier alpha value is -3.01. The van der Waals surface area contributed by atoms with Crippen LogP contribution in [0.25, 0.3) is 10.8 Å². The average Bonchev–Trinajstić information content (AvgIpc) is 2.77. The van der Waals surface area contributed by atoms with Gasteiger partial charge < -0.3 is 14.5 Å². The molecule has 0 unspecified atom stereocenters. The fourth-order valence-corrected chi connectivity index (χ4v) is 3.94. The minimum absolute atomic E-state index is 0.0763. The van der Waals surface area contributed by atoms with Crippen molar-refractivity contribution in [3.8, 4) is 0 Å². The van der Waals surface area contributed by atoms with Gasteiger partial charge in [-0.25, -0.2) is 4.79 Å². The van der Waals surface area contributed by atoms with Gasteiger partial charge in [0.25, 0.3) is 0 Å². The molecule has 1 aliphatic rings. The van der Waals surface area contributed by atoms with Crippen molar-refractivity contribution in [1.29, 1.82) is 0 Å². The van der Waals surface area contributed by atoms with Gasteiger partial charge in [-0.05, 0) is 41.8 Å². The number of fused-ring (bicyclic) bond motifs is 1. The zero-order valence-corrected chi connectivity index (χ0v) is 17.0. The molecule has 0 aliphatic carbocycles. The van der Waals surface area contributed by atoms with Crippen LogP contribution in [0.1, 0.15) is 18.9 Å². The monoisotopic (exact) mass is 388 g/mol. The van der Waals surface area contributed by atoms with Gasteiger partial charge in [-0.1, -0.05) is 60.7 Å². The van der Waals surface area contributed by atoms with Crippen molar-refractivity contribution in [2.45, 2.75) is 25.9 Å². The summed E-state index contributed by atoms with van der Waals surface area (Å²) in [7, 11) is 0. The third-order valence-electron chi connectivity index (χ3n) is 5.66. The highest BCUT2D eigenvalue weighted by atomic mass is 16.6. The van der Waals surface area contributed by atoms with Crippen molar-refractivity contribution in [1.82, 2.24) is 4.90 Å². The molecule has 29 heavy (non-hydrogen) atoms. The summed E-state index contributed by atoms with van der Waals surface area (Å²) >= 11 is 0. The lowest BCUT2D eigenvalue weighted by Gasteiger charge is -2.35. The van der Waals surface area contributed by atoms with Gasteiger partial charge in [0.15, 0.2) is 0 Å². The van der Waals surface area contributed by atoms with Gasteiger partial charge in [-0.2, -0.15) is 0 Å². The van der Waals surface area contributed by atoms with E-state index in [1.165, 1.54) is 22.0 Å². The van der Waals surface area contributed by atoms with E-state index in [-0.39, 0.29) is 12.2 Å². The summed E-state index contributed by atoms with van der Waals surface area (Å²) in [5.74, 6) is 0. The number of hydrogen-bond donors (Lipinski definition) is 0. The second-order valence-corrected chi connectivity index (χ2v) is 7.59. The van der Waals surface area contributed by atoms with Crippen LogP contribution in [-0.2, 0) is 11.2 Å². The molecule has 0 saturated carbocycles. The van der Waals surface area contributed by atoms with Crippen molar-refractivity contribution in [3.63, 3.8) is 0 Å². The molecule has 1 aliphatic heterocycles. The number of benzene rings is 3. The molecular weight excluding hydrogens is 360 g/mol. The van der Waals surface area contributed by atoms with E-state index >= 15 is 0 Å². The Bertz CT molecular complexity index is 957. The molecule has 0 aromatic heterocycles. The number of rotatable bonds is 7. The first-order chi connectivity index (χ1) is 14.2. The maximum Gasteiger partial charge on any atom is 0.410 e. The highest BCUT2D eigenvalue weighted by molar-refractivity contribution is 5.85. The van der Waals surface area contributed by atoms with Crippen molar-refractivity contribution in [2.75, 3.05) is 31.1 Å². The Morgan fingerprint density at radius 2 is 1.76 bits per heavy atom. The summed E-state index contributed by atoms with van der Waals surface area (Å²) in [4.78, 5) is 16.3. The van der Waals surface area contributed by atoms with Crippen molar-refractivity contribution in [3.05, 3.63) is 78.4 Å². The quantitative estimate of drug-likeness (QED) is 0.563. The van der Waals surface area contributed by atoms with Crippen LogP contribution < -0.4 is 4.90 Å². The molecule has 1 amide bonds. The van der Waals surface area contributed by atoms with Crippen molar-refractivity contribution >= 4 is 22.6 Å². The average molecular weight is 389 g/mol. The largest absolute Gasteiger partial charge is 0.444 e. The lowest BCUT2D eigenvalue weighted by atomic mass is 10.1. The number of carbonyl (C=O) groups is 1. The summed E-state index contributed by atoms with van der Waals surface area (Å²) in [5.41, 5.74) is 2.49. The third kappa shape index (κ3) is 4.70. The molecule has 0 radical (unpaired) electrons. The molecule has 1 saturated heterocycles. The lowest BCUT2D eigenvalue weighted by Crippen LogP contribution is -2.46. The summed E-state index contributed by atoms with van der Waals surface area (Å²) in [6.07, 6.45) is 1.56. The second kappa shape index (κ2) is 8.99. The number of carbonyl (C=O) groups excluding carboxylic acids is 1. The van der Waals surface area contributed by atoms with E-state index in [4.69, 9.17) is 4.74 Å². The molecular formula is C25H28N2O2. The first-order valence-corrected chi connectivity index (χ1v) is 10.5. The molecule has 1 heterocycles. The Labute approximate surface area is 172 Å². The predicted molar refractivity (Wildman–Crippen MR) is 118 cm³/mol. The van der Waals surface area contributed by atoms with Crippen LogP contribution in [0.15, 0.2) is 72.8 Å². The second-order valence-electron chi connectivity index (χ2n) is 7.59. The van der Waals surface area contributed by atoms with E-state index in [0.717, 1.165) is 25.9 Å². The first-order valence-electron chi connectivity index (χ1n) is 10.5. The van der Waals surface area contributed by atoms with Gasteiger partial charge in [0.1, 0.15) is 6.10 Å². The molecule has 4 nitrogen and oxygen atoms in total. The molecule has 4 heteroatoms. The van der Waals surface area contributed by atoms with E-state index in [0.29, 0.717) is 13.1 Å². The number of amides is 1. The van der Waals surface area contributed by atoms with Crippen LogP contribution in [0.3, 0.4) is 0 Å². The summed E-state index contributed by atoms with van der Waals surface area (Å²) in [5, 5.41) is 2.47. The predicted octanol–water partition coefficient (Wildman–Crippen LogP) is 5.12. The normalized spacial score (nSPS) is 16.7. The first kappa shape index (κ1) is 19.3. The van der Waals surface area contributed by atoms with Gasteiger partial charge in [-0.15, -0.1) is 0 Å². The minimum Gasteiger partial charge on any atom is -0.444 e. The van der Waals surface area contributed by atoms with E-state index < -0.39 is 0 Å². The number of anilines is 1. The van der Waals surface area contributed by atoms with Crippen LogP contribution in [-0.4, -0.2) is 43.3 Å². The number of ether oxygens (including phenoxy) is 1. The van der Waals surface area contributed by atoms with Crippen LogP contribution in [0.2, 0.25) is 0 Å². The Kier molecular flexibility index (Phi) is 5.99. The fourth-order valence-electron chi connectivity index (χ4n) is 3.94. The standard InChI is InChI=1S/C25H28N2O2/c1-2-26-17-15-24(29-25(26)28)19-27(16-14-20-8-4-3-5-9-20)23-13-12-21-10-6-7-11-22(21)18-23/h3-13,18,24H,2,14-17,19H2,1H3/t24-/m0/s1. The van der Waals surface area contributed by atoms with E-state index in [1.54, 1.807) is 4.90 Å². The summed E-state index contributed by atoms with van der Waals surface area (Å²) in [6.45, 7) is 5.06. The Balaban J connectivity index is 1.53. The SMILES string of the molecule is CCN1CC[C@@H](CN(CCc2ccccc2)c2ccc3ccccc3c2)OC1=O. The van der Waals surface area contributed by atoms with Crippen molar-refractivity contribution in [2.24, 2.45) is 0 Å². The molecule has 1 fully saturated rings. The topological polar surface area (TPSA) is 32.8 Å². The Morgan fingerprint density at radius 1 is 1.00 bits per heavy atom. The zero-order chi connectivity index (χ0) is 20.1. The Morgan fingerprint density at radius 3 is 2.52 bits per heavy atom. The minimum atomic E-state index is -0.190. The molecule has 0 spiro atoms. The third-order valence-corrected chi connectivity index (χ3v) is 5.66.